The van der Waals surface area contributed by atoms with Gasteiger partial charge in [-0.05, 0) is 30.4 Å². The van der Waals surface area contributed by atoms with E-state index in [1.165, 1.54) is 17.7 Å². The molecule has 4 heteroatoms. The third kappa shape index (κ3) is 3.05. The van der Waals surface area contributed by atoms with Crippen LogP contribution in [0.5, 0.6) is 0 Å². The molecule has 1 saturated carbocycles. The van der Waals surface area contributed by atoms with Crippen molar-refractivity contribution < 1.29 is 4.79 Å². The minimum absolute atomic E-state index is 0.218. The predicted molar refractivity (Wildman–Crippen MR) is 85.1 cm³/mol. The van der Waals surface area contributed by atoms with Gasteiger partial charge in [-0.2, -0.15) is 0 Å². The number of anilines is 1. The first kappa shape index (κ1) is 14.4. The molecule has 114 valence electrons. The van der Waals surface area contributed by atoms with Crippen LogP contribution in [0.3, 0.4) is 0 Å². The Labute approximate surface area is 126 Å². The van der Waals surface area contributed by atoms with E-state index in [1.54, 1.807) is 0 Å². The molecule has 2 atom stereocenters. The van der Waals surface area contributed by atoms with Crippen LogP contribution in [0.15, 0.2) is 24.3 Å². The predicted octanol–water partition coefficient (Wildman–Crippen LogP) is 1.98. The number of likely N-dealkylation sites (N-methyl/N-ethyl adjacent to an activating group) is 1. The second-order valence-electron chi connectivity index (χ2n) is 6.42. The van der Waals surface area contributed by atoms with E-state index in [4.69, 9.17) is 5.73 Å². The van der Waals surface area contributed by atoms with Gasteiger partial charge in [0.1, 0.15) is 0 Å². The van der Waals surface area contributed by atoms with Crippen LogP contribution in [-0.4, -0.2) is 37.0 Å². The van der Waals surface area contributed by atoms with E-state index in [1.807, 2.05) is 11.0 Å². The first-order valence-corrected chi connectivity index (χ1v) is 7.97. The zero-order valence-electron chi connectivity index (χ0n) is 12.8. The first-order valence-electron chi connectivity index (χ1n) is 7.97. The van der Waals surface area contributed by atoms with Gasteiger partial charge in [-0.1, -0.05) is 24.6 Å². The van der Waals surface area contributed by atoms with Crippen molar-refractivity contribution in [1.29, 1.82) is 0 Å². The maximum absolute atomic E-state index is 12.6. The summed E-state index contributed by atoms with van der Waals surface area (Å²) in [7, 11) is 2.10. The zero-order valence-corrected chi connectivity index (χ0v) is 12.8. The Morgan fingerprint density at radius 2 is 2.10 bits per heavy atom. The van der Waals surface area contributed by atoms with Crippen molar-refractivity contribution in [2.75, 3.05) is 25.0 Å². The van der Waals surface area contributed by atoms with Gasteiger partial charge in [-0.3, -0.25) is 4.79 Å². The summed E-state index contributed by atoms with van der Waals surface area (Å²) >= 11 is 0. The average Bonchev–Trinajstić information content (AvgIpc) is 2.80. The number of fused-ring (bicyclic) bond motifs is 1. The van der Waals surface area contributed by atoms with Crippen molar-refractivity contribution in [1.82, 2.24) is 4.90 Å². The van der Waals surface area contributed by atoms with E-state index in [-0.39, 0.29) is 11.9 Å². The number of rotatable bonds is 2. The number of hydrogen-bond acceptors (Lipinski definition) is 3. The van der Waals surface area contributed by atoms with Crippen molar-refractivity contribution in [3.05, 3.63) is 29.8 Å². The lowest BCUT2D eigenvalue weighted by atomic mass is 9.99. The highest BCUT2D eigenvalue weighted by atomic mass is 16.2. The molecule has 1 fully saturated rings. The fourth-order valence-corrected chi connectivity index (χ4v) is 3.58. The standard InChI is InChI=1S/C17H25N3O/c1-19-9-10-20(12-14-5-2-3-8-16(14)19)17(21)11-13-6-4-7-15(13)18/h2-3,5,8,13,15H,4,6-7,9-12,18H2,1H3/t13-,15+/m0/s1. The number of carbonyl (C=O) groups excluding carboxylic acids is 1. The number of nitrogens with zero attached hydrogens (tertiary/aromatic N) is 2. The van der Waals surface area contributed by atoms with Crippen molar-refractivity contribution in [2.45, 2.75) is 38.3 Å². The average molecular weight is 287 g/mol. The molecule has 0 spiro atoms. The summed E-state index contributed by atoms with van der Waals surface area (Å²) in [6, 6.07) is 8.59. The lowest BCUT2D eigenvalue weighted by Crippen LogP contribution is -2.37. The molecule has 4 nitrogen and oxygen atoms in total. The second kappa shape index (κ2) is 6.06. The Hall–Kier alpha value is -1.55. The molecule has 2 aliphatic rings. The zero-order chi connectivity index (χ0) is 14.8. The van der Waals surface area contributed by atoms with E-state index < -0.39 is 0 Å². The minimum Gasteiger partial charge on any atom is -0.373 e. The largest absolute Gasteiger partial charge is 0.373 e. The molecule has 0 saturated heterocycles. The van der Waals surface area contributed by atoms with Crippen LogP contribution in [0, 0.1) is 5.92 Å². The Bertz CT molecular complexity index is 517. The number of nitrogens with two attached hydrogens (primary N) is 1. The number of benzene rings is 1. The molecular formula is C17H25N3O. The highest BCUT2D eigenvalue weighted by Crippen LogP contribution is 2.29. The van der Waals surface area contributed by atoms with E-state index >= 15 is 0 Å². The van der Waals surface area contributed by atoms with Gasteiger partial charge in [0.25, 0.3) is 0 Å². The smallest absolute Gasteiger partial charge is 0.223 e. The fraction of sp³-hybridized carbons (Fsp3) is 0.588. The van der Waals surface area contributed by atoms with Crippen LogP contribution in [0.25, 0.3) is 0 Å². The summed E-state index contributed by atoms with van der Waals surface area (Å²) in [4.78, 5) is 16.9. The Morgan fingerprint density at radius 1 is 1.29 bits per heavy atom. The highest BCUT2D eigenvalue weighted by Gasteiger charge is 2.29. The molecule has 2 N–H and O–H groups in total. The van der Waals surface area contributed by atoms with Gasteiger partial charge in [0.05, 0.1) is 0 Å². The molecule has 21 heavy (non-hydrogen) atoms. The Balaban J connectivity index is 1.70. The fourth-order valence-electron chi connectivity index (χ4n) is 3.58. The van der Waals surface area contributed by atoms with Gasteiger partial charge in [0, 0.05) is 44.8 Å². The third-order valence-corrected chi connectivity index (χ3v) is 4.98. The van der Waals surface area contributed by atoms with Gasteiger partial charge >= 0.3 is 0 Å². The van der Waals surface area contributed by atoms with E-state index in [9.17, 15) is 4.79 Å². The van der Waals surface area contributed by atoms with E-state index in [2.05, 4.69) is 30.1 Å². The van der Waals surface area contributed by atoms with E-state index in [0.717, 1.165) is 32.5 Å². The van der Waals surface area contributed by atoms with Crippen LogP contribution in [0.2, 0.25) is 0 Å². The first-order chi connectivity index (χ1) is 10.1. The van der Waals surface area contributed by atoms with Crippen LogP contribution in [0.1, 0.15) is 31.2 Å². The summed E-state index contributed by atoms with van der Waals surface area (Å²) in [6.07, 6.45) is 3.97. The molecule has 0 unspecified atom stereocenters. The Kier molecular flexibility index (Phi) is 4.15. The van der Waals surface area contributed by atoms with Crippen LogP contribution < -0.4 is 10.6 Å². The molecule has 1 aliphatic carbocycles. The maximum Gasteiger partial charge on any atom is 0.223 e. The molecule has 1 amide bonds. The Morgan fingerprint density at radius 3 is 2.86 bits per heavy atom. The van der Waals surface area contributed by atoms with Crippen LogP contribution >= 0.6 is 0 Å². The normalized spacial score (nSPS) is 25.6. The highest BCUT2D eigenvalue weighted by molar-refractivity contribution is 5.77. The lowest BCUT2D eigenvalue weighted by molar-refractivity contribution is -0.132. The van der Waals surface area contributed by atoms with Gasteiger partial charge in [0.2, 0.25) is 5.91 Å². The molecule has 0 radical (unpaired) electrons. The summed E-state index contributed by atoms with van der Waals surface area (Å²) in [5.41, 5.74) is 8.59. The number of para-hydroxylation sites is 1. The summed E-state index contributed by atoms with van der Waals surface area (Å²) in [5, 5.41) is 0. The van der Waals surface area contributed by atoms with Crippen LogP contribution in [0.4, 0.5) is 5.69 Å². The summed E-state index contributed by atoms with van der Waals surface area (Å²) < 4.78 is 0. The van der Waals surface area contributed by atoms with Gasteiger partial charge in [-0.15, -0.1) is 0 Å². The minimum atomic E-state index is 0.218. The van der Waals surface area contributed by atoms with E-state index in [0.29, 0.717) is 12.3 Å². The number of hydrogen-bond donors (Lipinski definition) is 1. The SMILES string of the molecule is CN1CCN(C(=O)C[C@@H]2CCC[C@H]2N)Cc2ccccc21. The topological polar surface area (TPSA) is 49.6 Å². The lowest BCUT2D eigenvalue weighted by Gasteiger charge is -2.24. The number of amides is 1. The number of carbonyl (C=O) groups is 1. The molecule has 0 aromatic heterocycles. The second-order valence-corrected chi connectivity index (χ2v) is 6.42. The monoisotopic (exact) mass is 287 g/mol. The molecule has 3 rings (SSSR count). The molecule has 1 aliphatic heterocycles. The summed E-state index contributed by atoms with van der Waals surface area (Å²) in [6.45, 7) is 2.41. The quantitative estimate of drug-likeness (QED) is 0.905. The molecule has 1 aromatic carbocycles. The van der Waals surface area contributed by atoms with Crippen molar-refractivity contribution in [3.63, 3.8) is 0 Å². The molecule has 0 bridgehead atoms. The third-order valence-electron chi connectivity index (χ3n) is 4.98. The molecule has 1 heterocycles. The van der Waals surface area contributed by atoms with Crippen molar-refractivity contribution in [3.8, 4) is 0 Å². The van der Waals surface area contributed by atoms with Gasteiger partial charge in [-0.25, -0.2) is 0 Å². The maximum atomic E-state index is 12.6. The molecule has 1 aromatic rings. The molecular weight excluding hydrogens is 262 g/mol. The van der Waals surface area contributed by atoms with Crippen molar-refractivity contribution >= 4 is 11.6 Å². The van der Waals surface area contributed by atoms with Gasteiger partial charge < -0.3 is 15.5 Å². The summed E-state index contributed by atoms with van der Waals surface area (Å²) in [5.74, 6) is 0.649. The van der Waals surface area contributed by atoms with Crippen molar-refractivity contribution in [2.24, 2.45) is 11.7 Å². The van der Waals surface area contributed by atoms with Crippen LogP contribution in [-0.2, 0) is 11.3 Å². The van der Waals surface area contributed by atoms with Gasteiger partial charge in [0.15, 0.2) is 0 Å².